The Morgan fingerprint density at radius 3 is 2.33 bits per heavy atom. The van der Waals surface area contributed by atoms with Gasteiger partial charge in [-0.05, 0) is 82.8 Å². The standard InChI is InChI=1S/C28H29N.C8H6N2/c1-2-29-19-21-8-5-7-20(17-21)18-24-11-6-10-23-14-15-26-25-12-4-3-9-22(25)13-16-27(26)28(23)24;1-2-4-8-6-10-9-5-7(8)3-1/h4-8,10-12,14-15,17,29H,2-3,9,13,16,18-19H2,1H3;1-6H. The number of fused-ring (bicyclic) bond motifs is 5. The van der Waals surface area contributed by atoms with Crippen LogP contribution in [0.5, 0.6) is 0 Å². The van der Waals surface area contributed by atoms with Crippen LogP contribution in [0.1, 0.15) is 54.0 Å². The third kappa shape index (κ3) is 5.55. The number of rotatable bonds is 5. The Morgan fingerprint density at radius 1 is 0.744 bits per heavy atom. The minimum absolute atomic E-state index is 0.943. The van der Waals surface area contributed by atoms with Gasteiger partial charge in [0, 0.05) is 17.3 Å². The number of aryl methyl sites for hydroxylation is 1. The molecular formula is C36H35N3. The van der Waals surface area contributed by atoms with Crippen LogP contribution in [0.3, 0.4) is 0 Å². The summed E-state index contributed by atoms with van der Waals surface area (Å²) in [5.74, 6) is 0. The number of nitrogens with zero attached hydrogens (tertiary/aromatic N) is 2. The lowest BCUT2D eigenvalue weighted by Gasteiger charge is -2.26. The molecule has 0 spiro atoms. The van der Waals surface area contributed by atoms with E-state index in [4.69, 9.17) is 0 Å². The van der Waals surface area contributed by atoms with Crippen molar-refractivity contribution in [1.82, 2.24) is 15.5 Å². The molecule has 39 heavy (non-hydrogen) atoms. The van der Waals surface area contributed by atoms with Gasteiger partial charge in [0.1, 0.15) is 0 Å². The van der Waals surface area contributed by atoms with Crippen LogP contribution >= 0.6 is 0 Å². The topological polar surface area (TPSA) is 37.8 Å². The average molecular weight is 510 g/mol. The summed E-state index contributed by atoms with van der Waals surface area (Å²) in [4.78, 5) is 0. The second-order valence-corrected chi connectivity index (χ2v) is 10.5. The molecule has 4 aromatic carbocycles. The SMILES string of the molecule is CCNCc1cccc(Cc2cccc3ccc4c(c23)CCC2=C4C=CCC2)c1.c1ccc2cnncc2c1. The Hall–Kier alpha value is -4.08. The molecule has 194 valence electrons. The predicted octanol–water partition coefficient (Wildman–Crippen LogP) is 8.22. The van der Waals surface area contributed by atoms with Gasteiger partial charge >= 0.3 is 0 Å². The highest BCUT2D eigenvalue weighted by Gasteiger charge is 2.21. The molecule has 0 atom stereocenters. The van der Waals surface area contributed by atoms with Gasteiger partial charge in [-0.25, -0.2) is 0 Å². The summed E-state index contributed by atoms with van der Waals surface area (Å²) in [7, 11) is 0. The molecule has 0 radical (unpaired) electrons. The summed E-state index contributed by atoms with van der Waals surface area (Å²) in [5.41, 5.74) is 10.4. The predicted molar refractivity (Wildman–Crippen MR) is 164 cm³/mol. The smallest absolute Gasteiger partial charge is 0.0574 e. The molecule has 0 unspecified atom stereocenters. The molecule has 2 aliphatic carbocycles. The normalized spacial score (nSPS) is 14.1. The first kappa shape index (κ1) is 25.2. The summed E-state index contributed by atoms with van der Waals surface area (Å²) in [6.07, 6.45) is 14.1. The van der Waals surface area contributed by atoms with Crippen molar-refractivity contribution in [2.45, 2.75) is 45.6 Å². The van der Waals surface area contributed by atoms with Crippen LogP contribution in [-0.4, -0.2) is 16.7 Å². The van der Waals surface area contributed by atoms with Crippen molar-refractivity contribution in [3.05, 3.63) is 137 Å². The molecule has 0 fully saturated rings. The third-order valence-electron chi connectivity index (χ3n) is 7.91. The van der Waals surface area contributed by atoms with Crippen LogP contribution in [0.15, 0.2) is 109 Å². The van der Waals surface area contributed by atoms with E-state index in [0.717, 1.165) is 30.3 Å². The zero-order valence-corrected chi connectivity index (χ0v) is 22.7. The van der Waals surface area contributed by atoms with Gasteiger partial charge in [-0.3, -0.25) is 0 Å². The lowest BCUT2D eigenvalue weighted by atomic mass is 9.78. The maximum absolute atomic E-state index is 3.76. The van der Waals surface area contributed by atoms with Gasteiger partial charge in [0.25, 0.3) is 0 Å². The Morgan fingerprint density at radius 2 is 1.51 bits per heavy atom. The number of hydrogen-bond acceptors (Lipinski definition) is 3. The Labute approximate surface area is 231 Å². The van der Waals surface area contributed by atoms with Crippen molar-refractivity contribution in [3.8, 4) is 0 Å². The summed E-state index contributed by atoms with van der Waals surface area (Å²) in [6.45, 7) is 4.11. The number of nitrogens with one attached hydrogen (secondary N) is 1. The highest BCUT2D eigenvalue weighted by molar-refractivity contribution is 5.96. The Bertz CT molecular complexity index is 1610. The highest BCUT2D eigenvalue weighted by atomic mass is 15.1. The first-order chi connectivity index (χ1) is 19.3. The van der Waals surface area contributed by atoms with Crippen molar-refractivity contribution in [3.63, 3.8) is 0 Å². The molecule has 3 nitrogen and oxygen atoms in total. The summed E-state index contributed by atoms with van der Waals surface area (Å²) >= 11 is 0. The van der Waals surface area contributed by atoms with Gasteiger partial charge < -0.3 is 5.32 Å². The van der Waals surface area contributed by atoms with Crippen LogP contribution in [0.2, 0.25) is 0 Å². The molecule has 0 amide bonds. The average Bonchev–Trinajstić information content (AvgIpc) is 3.00. The first-order valence-corrected chi connectivity index (χ1v) is 14.2. The van der Waals surface area contributed by atoms with E-state index in [1.54, 1.807) is 23.5 Å². The lowest BCUT2D eigenvalue weighted by Crippen LogP contribution is -2.11. The Balaban J connectivity index is 0.000000231. The molecule has 1 N–H and O–H groups in total. The molecule has 5 aromatic rings. The first-order valence-electron chi connectivity index (χ1n) is 14.2. The fourth-order valence-electron chi connectivity index (χ4n) is 6.00. The van der Waals surface area contributed by atoms with E-state index < -0.39 is 0 Å². The molecule has 0 saturated carbocycles. The summed E-state index contributed by atoms with van der Waals surface area (Å²) in [6, 6.07) is 28.6. The molecule has 0 bridgehead atoms. The lowest BCUT2D eigenvalue weighted by molar-refractivity contribution is 0.726. The number of benzene rings is 4. The molecule has 2 aliphatic rings. The minimum atomic E-state index is 0.943. The quantitative estimate of drug-likeness (QED) is 0.259. The number of allylic oxidation sites excluding steroid dienone is 4. The van der Waals surface area contributed by atoms with Crippen LogP contribution in [0.25, 0.3) is 27.1 Å². The van der Waals surface area contributed by atoms with Crippen LogP contribution < -0.4 is 5.32 Å². The van der Waals surface area contributed by atoms with E-state index in [1.165, 1.54) is 64.3 Å². The summed E-state index contributed by atoms with van der Waals surface area (Å²) in [5, 5.41) is 16.1. The molecule has 1 heterocycles. The monoisotopic (exact) mass is 509 g/mol. The number of aromatic nitrogens is 2. The van der Waals surface area contributed by atoms with Gasteiger partial charge in [-0.1, -0.05) is 104 Å². The molecule has 3 heteroatoms. The summed E-state index contributed by atoms with van der Waals surface area (Å²) < 4.78 is 0. The molecule has 7 rings (SSSR count). The second kappa shape index (κ2) is 11.8. The van der Waals surface area contributed by atoms with Gasteiger partial charge in [-0.2, -0.15) is 10.2 Å². The van der Waals surface area contributed by atoms with Crippen molar-refractivity contribution in [2.24, 2.45) is 0 Å². The van der Waals surface area contributed by atoms with Crippen molar-refractivity contribution < 1.29 is 0 Å². The zero-order valence-electron chi connectivity index (χ0n) is 22.7. The highest BCUT2D eigenvalue weighted by Crippen LogP contribution is 2.41. The molecule has 0 aliphatic heterocycles. The van der Waals surface area contributed by atoms with Crippen LogP contribution in [0, 0.1) is 0 Å². The minimum Gasteiger partial charge on any atom is -0.313 e. The van der Waals surface area contributed by atoms with E-state index >= 15 is 0 Å². The van der Waals surface area contributed by atoms with Crippen molar-refractivity contribution >= 4 is 27.1 Å². The van der Waals surface area contributed by atoms with E-state index in [0.29, 0.717) is 0 Å². The molecular weight excluding hydrogens is 474 g/mol. The van der Waals surface area contributed by atoms with Crippen LogP contribution in [-0.2, 0) is 19.4 Å². The fourth-order valence-corrected chi connectivity index (χ4v) is 6.00. The maximum atomic E-state index is 3.76. The third-order valence-corrected chi connectivity index (χ3v) is 7.91. The van der Waals surface area contributed by atoms with Gasteiger partial charge in [0.2, 0.25) is 0 Å². The van der Waals surface area contributed by atoms with E-state index in [1.807, 2.05) is 24.3 Å². The van der Waals surface area contributed by atoms with Gasteiger partial charge in [0.05, 0.1) is 12.4 Å². The molecule has 1 aromatic heterocycles. The van der Waals surface area contributed by atoms with Crippen LogP contribution in [0.4, 0.5) is 0 Å². The second-order valence-electron chi connectivity index (χ2n) is 10.5. The van der Waals surface area contributed by atoms with Gasteiger partial charge in [-0.15, -0.1) is 0 Å². The number of hydrogen-bond donors (Lipinski definition) is 1. The zero-order chi connectivity index (χ0) is 26.4. The molecule has 0 saturated heterocycles. The van der Waals surface area contributed by atoms with Crippen molar-refractivity contribution in [2.75, 3.05) is 6.54 Å². The van der Waals surface area contributed by atoms with Gasteiger partial charge in [0.15, 0.2) is 0 Å². The van der Waals surface area contributed by atoms with E-state index in [2.05, 4.69) is 89.2 Å². The van der Waals surface area contributed by atoms with E-state index in [9.17, 15) is 0 Å². The maximum Gasteiger partial charge on any atom is 0.0574 e. The van der Waals surface area contributed by atoms with E-state index in [-0.39, 0.29) is 0 Å². The van der Waals surface area contributed by atoms with Crippen molar-refractivity contribution in [1.29, 1.82) is 0 Å². The Kier molecular flexibility index (Phi) is 7.60. The fraction of sp³-hybridized carbons (Fsp3) is 0.222. The largest absolute Gasteiger partial charge is 0.313 e.